The molecule has 426 valence electrons. The molecule has 7 unspecified atom stereocenters. The third-order valence-electron chi connectivity index (χ3n) is 15.3. The normalized spacial score (nSPS) is 19.2. The predicted octanol–water partition coefficient (Wildman–Crippen LogP) is 16.1. The van der Waals surface area contributed by atoms with Crippen molar-refractivity contribution in [3.8, 4) is 0 Å². The second-order valence-corrected chi connectivity index (χ2v) is 22.2. The number of carbonyl (C=O) groups excluding carboxylic acids is 1. The van der Waals surface area contributed by atoms with Gasteiger partial charge in [-0.15, -0.1) is 0 Å². The SMILES string of the molecule is CCCCCCC/C=C\C/C=C\CCCCCCCCCCCCCCCCCCCCCC(=O)NC(COC1OC(CO)C(O)C(O)C1O)C(O)CCCCCCCCCCCCCCCCCCCC. The zero-order chi connectivity index (χ0) is 52.2. The molecule has 0 aromatic carbocycles. The van der Waals surface area contributed by atoms with Crippen molar-refractivity contribution < 1.29 is 39.8 Å². The Hall–Kier alpha value is -1.33. The van der Waals surface area contributed by atoms with Gasteiger partial charge in [0, 0.05) is 6.42 Å². The summed E-state index contributed by atoms with van der Waals surface area (Å²) in [5.74, 6) is -0.138. The molecule has 7 atom stereocenters. The Labute approximate surface area is 445 Å². The number of ether oxygens (including phenoxy) is 2. The molecule has 1 aliphatic rings. The molecule has 1 aliphatic heterocycles. The first-order valence-corrected chi connectivity index (χ1v) is 31.5. The number of unbranched alkanes of at least 4 members (excludes halogenated alkanes) is 41. The molecule has 0 aliphatic carbocycles. The summed E-state index contributed by atoms with van der Waals surface area (Å²) in [4.78, 5) is 13.1. The van der Waals surface area contributed by atoms with Crippen LogP contribution in [0.1, 0.15) is 316 Å². The van der Waals surface area contributed by atoms with Crippen molar-refractivity contribution >= 4 is 5.91 Å². The van der Waals surface area contributed by atoms with Crippen molar-refractivity contribution in [3.63, 3.8) is 0 Å². The molecule has 0 radical (unpaired) electrons. The molecule has 0 aromatic rings. The monoisotopic (exact) mass is 1020 g/mol. The Bertz CT molecular complexity index is 1180. The molecule has 1 rings (SSSR count). The molecular weight excluding hydrogens is 899 g/mol. The summed E-state index contributed by atoms with van der Waals surface area (Å²) in [6.45, 7) is 3.87. The molecule has 1 amide bonds. The highest BCUT2D eigenvalue weighted by Gasteiger charge is 2.44. The predicted molar refractivity (Wildman–Crippen MR) is 304 cm³/mol. The van der Waals surface area contributed by atoms with E-state index in [0.717, 1.165) is 44.9 Å². The lowest BCUT2D eigenvalue weighted by molar-refractivity contribution is -0.302. The first kappa shape index (κ1) is 68.7. The van der Waals surface area contributed by atoms with E-state index in [-0.39, 0.29) is 12.5 Å². The van der Waals surface area contributed by atoms with Gasteiger partial charge < -0.3 is 40.3 Å². The van der Waals surface area contributed by atoms with E-state index in [1.807, 2.05) is 0 Å². The van der Waals surface area contributed by atoms with Crippen LogP contribution in [0.2, 0.25) is 0 Å². The Morgan fingerprint density at radius 1 is 0.472 bits per heavy atom. The van der Waals surface area contributed by atoms with Crippen molar-refractivity contribution in [2.45, 2.75) is 358 Å². The largest absolute Gasteiger partial charge is 0.394 e. The van der Waals surface area contributed by atoms with Gasteiger partial charge in [-0.2, -0.15) is 0 Å². The topological polar surface area (TPSA) is 149 Å². The lowest BCUT2D eigenvalue weighted by Gasteiger charge is -2.40. The summed E-state index contributed by atoms with van der Waals surface area (Å²) in [7, 11) is 0. The summed E-state index contributed by atoms with van der Waals surface area (Å²) >= 11 is 0. The first-order valence-electron chi connectivity index (χ1n) is 31.5. The van der Waals surface area contributed by atoms with E-state index in [2.05, 4.69) is 43.5 Å². The summed E-state index contributed by atoms with van der Waals surface area (Å²) < 4.78 is 11.3. The Morgan fingerprint density at radius 2 is 0.819 bits per heavy atom. The average molecular weight is 1020 g/mol. The zero-order valence-corrected chi connectivity index (χ0v) is 47.5. The maximum atomic E-state index is 13.1. The van der Waals surface area contributed by atoms with Gasteiger partial charge in [0.1, 0.15) is 24.4 Å². The van der Waals surface area contributed by atoms with Crippen LogP contribution in [-0.2, 0) is 14.3 Å². The Kier molecular flexibility index (Phi) is 50.6. The number of allylic oxidation sites excluding steroid dienone is 4. The van der Waals surface area contributed by atoms with Crippen LogP contribution in [0.5, 0.6) is 0 Å². The number of carbonyl (C=O) groups is 1. The smallest absolute Gasteiger partial charge is 0.220 e. The molecule has 9 heteroatoms. The molecule has 1 heterocycles. The van der Waals surface area contributed by atoms with Crippen LogP contribution in [0, 0.1) is 0 Å². The number of rotatable bonds is 55. The molecule has 6 N–H and O–H groups in total. The summed E-state index contributed by atoms with van der Waals surface area (Å²) in [6.07, 6.45) is 60.8. The van der Waals surface area contributed by atoms with Crippen LogP contribution in [-0.4, -0.2) is 87.5 Å². The number of aliphatic hydroxyl groups excluding tert-OH is 5. The Balaban J connectivity index is 2.12. The fourth-order valence-electron chi connectivity index (χ4n) is 10.3. The highest BCUT2D eigenvalue weighted by Crippen LogP contribution is 2.23. The lowest BCUT2D eigenvalue weighted by atomic mass is 9.99. The zero-order valence-electron chi connectivity index (χ0n) is 47.5. The van der Waals surface area contributed by atoms with E-state index in [4.69, 9.17) is 9.47 Å². The molecule has 1 saturated heterocycles. The van der Waals surface area contributed by atoms with Gasteiger partial charge in [-0.05, 0) is 44.9 Å². The van der Waals surface area contributed by atoms with Crippen LogP contribution >= 0.6 is 0 Å². The van der Waals surface area contributed by atoms with Gasteiger partial charge in [-0.3, -0.25) is 4.79 Å². The van der Waals surface area contributed by atoms with Gasteiger partial charge >= 0.3 is 0 Å². The second-order valence-electron chi connectivity index (χ2n) is 22.2. The van der Waals surface area contributed by atoms with E-state index in [1.54, 1.807) is 0 Å². The number of hydrogen-bond donors (Lipinski definition) is 6. The third kappa shape index (κ3) is 41.9. The number of aliphatic hydroxyl groups is 5. The second kappa shape index (κ2) is 53.1. The van der Waals surface area contributed by atoms with Crippen molar-refractivity contribution in [2.75, 3.05) is 13.2 Å². The average Bonchev–Trinajstić information content (AvgIpc) is 3.38. The van der Waals surface area contributed by atoms with Gasteiger partial charge in [0.2, 0.25) is 5.91 Å². The maximum Gasteiger partial charge on any atom is 0.220 e. The molecular formula is C63H121NO8. The molecule has 1 fully saturated rings. The van der Waals surface area contributed by atoms with Gasteiger partial charge in [-0.25, -0.2) is 0 Å². The summed E-state index contributed by atoms with van der Waals surface area (Å²) in [6, 6.07) is -0.717. The third-order valence-corrected chi connectivity index (χ3v) is 15.3. The maximum absolute atomic E-state index is 13.1. The molecule has 0 bridgehead atoms. The van der Waals surface area contributed by atoms with E-state index in [9.17, 15) is 30.3 Å². The van der Waals surface area contributed by atoms with Crippen LogP contribution in [0.4, 0.5) is 0 Å². The van der Waals surface area contributed by atoms with Gasteiger partial charge in [0.15, 0.2) is 6.29 Å². The fourth-order valence-corrected chi connectivity index (χ4v) is 10.3. The number of amides is 1. The van der Waals surface area contributed by atoms with Crippen molar-refractivity contribution in [1.29, 1.82) is 0 Å². The van der Waals surface area contributed by atoms with Gasteiger partial charge in [0.25, 0.3) is 0 Å². The van der Waals surface area contributed by atoms with Crippen LogP contribution < -0.4 is 5.32 Å². The minimum atomic E-state index is -1.55. The molecule has 0 spiro atoms. The van der Waals surface area contributed by atoms with Crippen LogP contribution in [0.25, 0.3) is 0 Å². The number of hydrogen-bond acceptors (Lipinski definition) is 8. The van der Waals surface area contributed by atoms with E-state index in [1.165, 1.54) is 244 Å². The quantitative estimate of drug-likeness (QED) is 0.0261. The highest BCUT2D eigenvalue weighted by atomic mass is 16.7. The van der Waals surface area contributed by atoms with Crippen LogP contribution in [0.15, 0.2) is 24.3 Å². The highest BCUT2D eigenvalue weighted by molar-refractivity contribution is 5.76. The van der Waals surface area contributed by atoms with Crippen molar-refractivity contribution in [2.24, 2.45) is 0 Å². The molecule has 0 aromatic heterocycles. The fraction of sp³-hybridized carbons (Fsp3) is 0.921. The van der Waals surface area contributed by atoms with Gasteiger partial charge in [0.05, 0.1) is 25.4 Å². The molecule has 0 saturated carbocycles. The minimum absolute atomic E-state index is 0.133. The van der Waals surface area contributed by atoms with Crippen LogP contribution in [0.3, 0.4) is 0 Å². The van der Waals surface area contributed by atoms with Crippen molar-refractivity contribution in [1.82, 2.24) is 5.32 Å². The lowest BCUT2D eigenvalue weighted by Crippen LogP contribution is -2.60. The van der Waals surface area contributed by atoms with E-state index in [0.29, 0.717) is 12.8 Å². The first-order chi connectivity index (χ1) is 35.3. The molecule has 9 nitrogen and oxygen atoms in total. The van der Waals surface area contributed by atoms with E-state index >= 15 is 0 Å². The standard InChI is InChI=1S/C63H121NO8/c1-3-5-7-9-11-13-15-17-19-21-23-24-25-26-27-28-29-30-31-32-33-34-35-37-39-41-43-45-47-49-51-53-59(67)64-56(55-71-63-62(70)61(69)60(68)58(54-65)72-63)57(66)52-50-48-46-44-42-40-38-36-22-20-18-16-14-12-10-8-6-4-2/h15,17,21,23,56-58,60-63,65-66,68-70H,3-14,16,18-20,22,24-55H2,1-2H3,(H,64,67)/b17-15-,23-21-. The summed E-state index contributed by atoms with van der Waals surface area (Å²) in [5, 5.41) is 54.8. The Morgan fingerprint density at radius 3 is 1.19 bits per heavy atom. The van der Waals surface area contributed by atoms with Crippen molar-refractivity contribution in [3.05, 3.63) is 24.3 Å². The molecule has 72 heavy (non-hydrogen) atoms. The summed E-state index contributed by atoms with van der Waals surface area (Å²) in [5.41, 5.74) is 0. The minimum Gasteiger partial charge on any atom is -0.394 e. The van der Waals surface area contributed by atoms with E-state index < -0.39 is 49.5 Å². The van der Waals surface area contributed by atoms with Gasteiger partial charge in [-0.1, -0.05) is 289 Å². The number of nitrogens with one attached hydrogen (secondary N) is 1.